The van der Waals surface area contributed by atoms with Crippen molar-refractivity contribution in [1.82, 2.24) is 0 Å². The smallest absolute Gasteiger partial charge is 0.337 e. The van der Waals surface area contributed by atoms with Gasteiger partial charge in [-0.15, -0.1) is 0 Å². The minimum Gasteiger partial charge on any atom is -0.507 e. The molecule has 0 heterocycles. The molecule has 5 N–H and O–H groups in total. The van der Waals surface area contributed by atoms with Crippen LogP contribution in [0.25, 0.3) is 22.3 Å². The summed E-state index contributed by atoms with van der Waals surface area (Å²) in [5.41, 5.74) is 5.66. The number of carbonyl (C=O) groups is 3. The van der Waals surface area contributed by atoms with Crippen LogP contribution < -0.4 is 0 Å². The van der Waals surface area contributed by atoms with Gasteiger partial charge in [0.05, 0.1) is 16.7 Å². The fourth-order valence-corrected chi connectivity index (χ4v) is 9.07. The van der Waals surface area contributed by atoms with Crippen LogP contribution in [0.4, 0.5) is 0 Å². The predicted molar refractivity (Wildman–Crippen MR) is 254 cm³/mol. The molecule has 5 rings (SSSR count). The number of carboxylic acid groups (broad SMARTS) is 3. The molecule has 8 nitrogen and oxygen atoms in total. The van der Waals surface area contributed by atoms with Crippen LogP contribution in [0, 0.1) is 27.7 Å². The van der Waals surface area contributed by atoms with Gasteiger partial charge in [0.25, 0.3) is 0 Å². The lowest BCUT2D eigenvalue weighted by Crippen LogP contribution is -2.21. The molecule has 0 saturated carbocycles. The Balaban J connectivity index is 2.08. The Morgan fingerprint density at radius 1 is 0.397 bits per heavy atom. The number of phenolic OH excluding ortho intramolecular Hbond substituents is 2. The van der Waals surface area contributed by atoms with Crippen molar-refractivity contribution in [2.45, 2.75) is 145 Å². The molecule has 0 radical (unpaired) electrons. The quantitative estimate of drug-likeness (QED) is 0.0982. The monoisotopic (exact) mass is 854 g/mol. The van der Waals surface area contributed by atoms with Gasteiger partial charge in [0.2, 0.25) is 0 Å². The zero-order valence-corrected chi connectivity index (χ0v) is 40.1. The predicted octanol–water partition coefficient (Wildman–Crippen LogP) is 13.1. The van der Waals surface area contributed by atoms with Gasteiger partial charge in [0, 0.05) is 18.4 Å². The lowest BCUT2D eigenvalue weighted by molar-refractivity contribution is 0.0650. The Hall–Kier alpha value is -5.89. The highest BCUT2D eigenvalue weighted by molar-refractivity contribution is 6.15. The standard InChI is InChI=1S/C55H66O8/c1-28-17-32(25-34-19-30(3)23-40(47(34)56)54(11,12)13)42(38(21-28)52(5,6)7)36-27-37(49(58)59)45(51(62)63)46(44(36)50(60)61)43-33(18-29(2)22-39(43)53(8,9)10)26-35-20-31(4)24-41(48(35)57)55(14,15)16/h17-24,27,56-57H,25-26H2,1-16H3,(H,58,59)(H,60,61)(H,62,63). The summed E-state index contributed by atoms with van der Waals surface area (Å²) in [5.74, 6) is -4.34. The molecular weight excluding hydrogens is 789 g/mol. The Kier molecular flexibility index (Phi) is 12.7. The van der Waals surface area contributed by atoms with E-state index >= 15 is 0 Å². The van der Waals surface area contributed by atoms with Crippen LogP contribution >= 0.6 is 0 Å². The second kappa shape index (κ2) is 16.7. The summed E-state index contributed by atoms with van der Waals surface area (Å²) in [4.78, 5) is 41.6. The van der Waals surface area contributed by atoms with Crippen LogP contribution in [0.3, 0.4) is 0 Å². The summed E-state index contributed by atoms with van der Waals surface area (Å²) in [6.07, 6.45) is 0.257. The van der Waals surface area contributed by atoms with E-state index in [1.165, 1.54) is 6.07 Å². The molecule has 334 valence electrons. The van der Waals surface area contributed by atoms with E-state index in [-0.39, 0.29) is 41.0 Å². The summed E-state index contributed by atoms with van der Waals surface area (Å²) in [6, 6.07) is 16.6. The maximum atomic E-state index is 14.3. The topological polar surface area (TPSA) is 152 Å². The third kappa shape index (κ3) is 9.70. The van der Waals surface area contributed by atoms with E-state index in [1.807, 2.05) is 159 Å². The average Bonchev–Trinajstić information content (AvgIpc) is 3.11. The fraction of sp³-hybridized carbons (Fsp3) is 0.400. The highest BCUT2D eigenvalue weighted by Gasteiger charge is 2.37. The Labute approximate surface area is 373 Å². The van der Waals surface area contributed by atoms with Gasteiger partial charge in [-0.1, -0.05) is 154 Å². The SMILES string of the molecule is Cc1cc(Cc2cc(C)cc(C(C)(C)C)c2-c2cc(C(=O)O)c(C(=O)O)c(-c3c(Cc4cc(C)cc(C(C)(C)C)c4O)cc(C)cc3C(C)(C)C)c2C(=O)O)c(O)c(C(C)(C)C)c1. The van der Waals surface area contributed by atoms with Crippen LogP contribution in [0.1, 0.15) is 181 Å². The fourth-order valence-electron chi connectivity index (χ4n) is 9.07. The van der Waals surface area contributed by atoms with Gasteiger partial charge in [-0.2, -0.15) is 0 Å². The molecule has 0 bridgehead atoms. The van der Waals surface area contributed by atoms with Crippen LogP contribution in [0.5, 0.6) is 11.5 Å². The number of aromatic hydroxyl groups is 2. The van der Waals surface area contributed by atoms with Crippen molar-refractivity contribution >= 4 is 17.9 Å². The van der Waals surface area contributed by atoms with Crippen molar-refractivity contribution in [2.24, 2.45) is 0 Å². The molecule has 0 unspecified atom stereocenters. The summed E-state index contributed by atoms with van der Waals surface area (Å²) in [7, 11) is 0. The third-order valence-corrected chi connectivity index (χ3v) is 11.9. The van der Waals surface area contributed by atoms with E-state index in [0.29, 0.717) is 38.9 Å². The summed E-state index contributed by atoms with van der Waals surface area (Å²) in [6.45, 7) is 31.7. The van der Waals surface area contributed by atoms with Gasteiger partial charge >= 0.3 is 17.9 Å². The average molecular weight is 855 g/mol. The van der Waals surface area contributed by atoms with Crippen LogP contribution in [0.15, 0.2) is 54.6 Å². The lowest BCUT2D eigenvalue weighted by Gasteiger charge is -2.31. The normalized spacial score (nSPS) is 12.4. The molecule has 0 amide bonds. The van der Waals surface area contributed by atoms with Crippen molar-refractivity contribution in [3.8, 4) is 33.8 Å². The molecule has 0 aliphatic heterocycles. The van der Waals surface area contributed by atoms with E-state index in [1.54, 1.807) is 0 Å². The molecule has 0 aromatic heterocycles. The van der Waals surface area contributed by atoms with Gasteiger partial charge in [0.1, 0.15) is 11.5 Å². The van der Waals surface area contributed by atoms with Crippen molar-refractivity contribution in [2.75, 3.05) is 0 Å². The summed E-state index contributed by atoms with van der Waals surface area (Å²) in [5, 5.41) is 57.5. The number of carboxylic acids is 3. The Morgan fingerprint density at radius 2 is 0.714 bits per heavy atom. The highest BCUT2D eigenvalue weighted by atomic mass is 16.4. The number of aromatic carboxylic acids is 3. The molecule has 5 aromatic rings. The van der Waals surface area contributed by atoms with E-state index in [4.69, 9.17) is 0 Å². The van der Waals surface area contributed by atoms with Crippen molar-refractivity contribution in [3.05, 3.63) is 138 Å². The third-order valence-electron chi connectivity index (χ3n) is 11.9. The van der Waals surface area contributed by atoms with E-state index < -0.39 is 50.7 Å². The largest absolute Gasteiger partial charge is 0.507 e. The molecule has 0 spiro atoms. The molecular formula is C55H66O8. The second-order valence-corrected chi connectivity index (χ2v) is 21.7. The molecule has 0 atom stereocenters. The van der Waals surface area contributed by atoms with Gasteiger partial charge < -0.3 is 25.5 Å². The number of phenols is 2. The van der Waals surface area contributed by atoms with Gasteiger partial charge in [-0.05, 0) is 117 Å². The first-order valence-corrected chi connectivity index (χ1v) is 21.6. The Morgan fingerprint density at radius 3 is 1.05 bits per heavy atom. The molecule has 0 aliphatic rings. The van der Waals surface area contributed by atoms with Crippen molar-refractivity contribution < 1.29 is 39.9 Å². The molecule has 63 heavy (non-hydrogen) atoms. The Bertz CT molecular complexity index is 2680. The first-order valence-electron chi connectivity index (χ1n) is 21.6. The first-order chi connectivity index (χ1) is 28.7. The van der Waals surface area contributed by atoms with Crippen LogP contribution in [-0.2, 0) is 34.5 Å². The number of benzene rings is 5. The first kappa shape index (κ1) is 48.1. The number of rotatable bonds is 9. The van der Waals surface area contributed by atoms with Gasteiger partial charge in [-0.3, -0.25) is 0 Å². The number of hydrogen-bond acceptors (Lipinski definition) is 5. The number of aryl methyl sites for hydroxylation is 4. The minimum atomic E-state index is -1.59. The minimum absolute atomic E-state index is 0.0582. The lowest BCUT2D eigenvalue weighted by atomic mass is 9.72. The zero-order valence-electron chi connectivity index (χ0n) is 40.1. The van der Waals surface area contributed by atoms with E-state index in [9.17, 15) is 39.9 Å². The van der Waals surface area contributed by atoms with Crippen molar-refractivity contribution in [3.63, 3.8) is 0 Å². The van der Waals surface area contributed by atoms with Gasteiger partial charge in [0.15, 0.2) is 0 Å². The second-order valence-electron chi connectivity index (χ2n) is 21.7. The van der Waals surface area contributed by atoms with E-state index in [0.717, 1.165) is 38.9 Å². The van der Waals surface area contributed by atoms with Crippen LogP contribution in [0.2, 0.25) is 0 Å². The molecule has 0 aliphatic carbocycles. The van der Waals surface area contributed by atoms with Gasteiger partial charge in [-0.25, -0.2) is 14.4 Å². The molecule has 8 heteroatoms. The molecule has 5 aromatic carbocycles. The zero-order chi connectivity index (χ0) is 47.6. The maximum Gasteiger partial charge on any atom is 0.337 e. The molecule has 0 saturated heterocycles. The number of hydrogen-bond donors (Lipinski definition) is 5. The summed E-state index contributed by atoms with van der Waals surface area (Å²) < 4.78 is 0. The van der Waals surface area contributed by atoms with Crippen LogP contribution in [-0.4, -0.2) is 43.4 Å². The van der Waals surface area contributed by atoms with E-state index in [2.05, 4.69) is 0 Å². The molecule has 0 fully saturated rings. The maximum absolute atomic E-state index is 14.3. The van der Waals surface area contributed by atoms with Crippen molar-refractivity contribution in [1.29, 1.82) is 0 Å². The summed E-state index contributed by atoms with van der Waals surface area (Å²) >= 11 is 0. The highest BCUT2D eigenvalue weighted by Crippen LogP contribution is 2.49.